The summed E-state index contributed by atoms with van der Waals surface area (Å²) in [6.07, 6.45) is 2.45. The number of ether oxygens (including phenoxy) is 1. The molecule has 0 unspecified atom stereocenters. The van der Waals surface area contributed by atoms with Gasteiger partial charge in [0.1, 0.15) is 0 Å². The highest BCUT2D eigenvalue weighted by molar-refractivity contribution is 7.89. The second kappa shape index (κ2) is 10.5. The maximum Gasteiger partial charge on any atom is 0.273 e. The van der Waals surface area contributed by atoms with Crippen molar-refractivity contribution in [1.29, 1.82) is 0 Å². The fourth-order valence-electron chi connectivity index (χ4n) is 4.32. The number of carbonyl (C=O) groups excluding carboxylic acids is 1. The number of amides is 1. The molecule has 2 aromatic rings. The molecular weight excluding hydrogens is 460 g/mol. The van der Waals surface area contributed by atoms with Crippen LogP contribution in [0, 0.1) is 10.1 Å². The Bertz CT molecular complexity index is 1160. The van der Waals surface area contributed by atoms with Crippen LogP contribution in [0.1, 0.15) is 24.8 Å². The number of carbonyl (C=O) groups is 1. The Morgan fingerprint density at radius 3 is 2.44 bits per heavy atom. The molecule has 2 aliphatic rings. The van der Waals surface area contributed by atoms with Crippen LogP contribution in [0.15, 0.2) is 47.4 Å². The Kier molecular flexibility index (Phi) is 7.44. The molecule has 2 saturated heterocycles. The average Bonchev–Trinajstić information content (AvgIpc) is 2.85. The third-order valence-electron chi connectivity index (χ3n) is 6.09. The number of benzene rings is 2. The smallest absolute Gasteiger partial charge is 0.273 e. The van der Waals surface area contributed by atoms with Crippen molar-refractivity contribution in [2.75, 3.05) is 49.6 Å². The number of nitrogens with zero attached hydrogens (tertiary/aromatic N) is 3. The number of hydrogen-bond donors (Lipinski definition) is 1. The molecule has 1 amide bonds. The molecule has 0 atom stereocenters. The first-order valence-corrected chi connectivity index (χ1v) is 12.8. The Balaban J connectivity index is 1.63. The van der Waals surface area contributed by atoms with Gasteiger partial charge in [0.15, 0.2) is 0 Å². The zero-order valence-corrected chi connectivity index (χ0v) is 19.6. The largest absolute Gasteiger partial charge is 0.378 e. The minimum Gasteiger partial charge on any atom is -0.378 e. The summed E-state index contributed by atoms with van der Waals surface area (Å²) < 4.78 is 33.4. The van der Waals surface area contributed by atoms with Crippen molar-refractivity contribution in [1.82, 2.24) is 4.31 Å². The van der Waals surface area contributed by atoms with Crippen LogP contribution in [0.5, 0.6) is 0 Å². The third-order valence-corrected chi connectivity index (χ3v) is 7.98. The highest BCUT2D eigenvalue weighted by atomic mass is 32.2. The maximum atomic E-state index is 13.2. The average molecular weight is 489 g/mol. The van der Waals surface area contributed by atoms with Crippen molar-refractivity contribution in [2.45, 2.75) is 30.6 Å². The van der Waals surface area contributed by atoms with Crippen LogP contribution in [0.4, 0.5) is 17.1 Å². The molecule has 0 aromatic heterocycles. The van der Waals surface area contributed by atoms with Gasteiger partial charge in [-0.3, -0.25) is 14.9 Å². The lowest BCUT2D eigenvalue weighted by molar-refractivity contribution is -0.385. The monoisotopic (exact) mass is 488 g/mol. The number of hydrogen-bond acceptors (Lipinski definition) is 7. The first-order chi connectivity index (χ1) is 16.4. The van der Waals surface area contributed by atoms with Gasteiger partial charge in [0.05, 0.1) is 40.8 Å². The third kappa shape index (κ3) is 5.37. The number of nitrogens with one attached hydrogen (secondary N) is 1. The number of rotatable bonds is 7. The van der Waals surface area contributed by atoms with Gasteiger partial charge in [-0.05, 0) is 31.0 Å². The predicted molar refractivity (Wildman–Crippen MR) is 128 cm³/mol. The molecule has 2 aromatic carbocycles. The van der Waals surface area contributed by atoms with Gasteiger partial charge in [0.25, 0.3) is 5.69 Å². The van der Waals surface area contributed by atoms with Gasteiger partial charge in [-0.2, -0.15) is 4.31 Å². The van der Waals surface area contributed by atoms with Gasteiger partial charge >= 0.3 is 0 Å². The van der Waals surface area contributed by atoms with Crippen LogP contribution in [-0.2, 0) is 26.0 Å². The van der Waals surface area contributed by atoms with Gasteiger partial charge in [-0.1, -0.05) is 24.6 Å². The van der Waals surface area contributed by atoms with E-state index in [1.165, 1.54) is 22.5 Å². The van der Waals surface area contributed by atoms with Gasteiger partial charge in [0.2, 0.25) is 15.9 Å². The molecule has 2 fully saturated rings. The molecule has 182 valence electrons. The van der Waals surface area contributed by atoms with E-state index in [0.717, 1.165) is 19.3 Å². The molecular formula is C23H28N4O6S. The highest BCUT2D eigenvalue weighted by Gasteiger charge is 2.28. The first-order valence-electron chi connectivity index (χ1n) is 11.4. The number of para-hydroxylation sites is 1. The zero-order chi connectivity index (χ0) is 24.1. The quantitative estimate of drug-likeness (QED) is 0.470. The molecule has 0 saturated carbocycles. The van der Waals surface area contributed by atoms with E-state index in [1.54, 1.807) is 24.3 Å². The predicted octanol–water partition coefficient (Wildman–Crippen LogP) is 2.79. The molecule has 4 rings (SSSR count). The number of nitro groups is 1. The van der Waals surface area contributed by atoms with Gasteiger partial charge in [-0.25, -0.2) is 8.42 Å². The Hall–Kier alpha value is -3.02. The number of nitro benzene ring substituents is 1. The van der Waals surface area contributed by atoms with E-state index in [-0.39, 0.29) is 22.6 Å². The molecule has 11 heteroatoms. The molecule has 0 bridgehead atoms. The van der Waals surface area contributed by atoms with Crippen molar-refractivity contribution in [2.24, 2.45) is 0 Å². The van der Waals surface area contributed by atoms with Crippen LogP contribution in [0.3, 0.4) is 0 Å². The van der Waals surface area contributed by atoms with Crippen LogP contribution < -0.4 is 10.2 Å². The van der Waals surface area contributed by atoms with E-state index in [9.17, 15) is 23.3 Å². The minimum atomic E-state index is -3.70. The summed E-state index contributed by atoms with van der Waals surface area (Å²) in [5.74, 6) is -0.462. The maximum absolute atomic E-state index is 13.2. The van der Waals surface area contributed by atoms with Gasteiger partial charge < -0.3 is 15.0 Å². The van der Waals surface area contributed by atoms with Crippen molar-refractivity contribution in [3.63, 3.8) is 0 Å². The summed E-state index contributed by atoms with van der Waals surface area (Å²) in [5, 5.41) is 14.1. The summed E-state index contributed by atoms with van der Waals surface area (Å²) in [6.45, 7) is 3.21. The Morgan fingerprint density at radius 2 is 1.74 bits per heavy atom. The Morgan fingerprint density at radius 1 is 1.03 bits per heavy atom. The van der Waals surface area contributed by atoms with E-state index in [1.807, 2.05) is 4.90 Å². The summed E-state index contributed by atoms with van der Waals surface area (Å²) in [6, 6.07) is 10.9. The summed E-state index contributed by atoms with van der Waals surface area (Å²) >= 11 is 0. The molecule has 34 heavy (non-hydrogen) atoms. The molecule has 0 radical (unpaired) electrons. The normalized spacial score (nSPS) is 17.4. The van der Waals surface area contributed by atoms with E-state index in [4.69, 9.17) is 4.74 Å². The van der Waals surface area contributed by atoms with Crippen LogP contribution >= 0.6 is 0 Å². The second-order valence-electron chi connectivity index (χ2n) is 8.35. The van der Waals surface area contributed by atoms with E-state index >= 15 is 0 Å². The Labute approximate surface area is 198 Å². The van der Waals surface area contributed by atoms with Gasteiger partial charge in [-0.15, -0.1) is 0 Å². The van der Waals surface area contributed by atoms with Gasteiger partial charge in [0, 0.05) is 37.8 Å². The summed E-state index contributed by atoms with van der Waals surface area (Å²) in [4.78, 5) is 25.9. The molecule has 1 N–H and O–H groups in total. The van der Waals surface area contributed by atoms with Crippen molar-refractivity contribution < 1.29 is 22.9 Å². The van der Waals surface area contributed by atoms with Crippen molar-refractivity contribution >= 4 is 33.0 Å². The van der Waals surface area contributed by atoms with Crippen molar-refractivity contribution in [3.05, 3.63) is 58.1 Å². The highest BCUT2D eigenvalue weighted by Crippen LogP contribution is 2.32. The fraction of sp³-hybridized carbons (Fsp3) is 0.435. The number of piperidine rings is 1. The molecule has 0 spiro atoms. The minimum absolute atomic E-state index is 0.118. The first kappa shape index (κ1) is 24.1. The number of anilines is 2. The van der Waals surface area contributed by atoms with E-state index in [2.05, 4.69) is 5.32 Å². The van der Waals surface area contributed by atoms with Crippen molar-refractivity contribution in [3.8, 4) is 0 Å². The lowest BCUT2D eigenvalue weighted by Gasteiger charge is -2.31. The second-order valence-corrected chi connectivity index (χ2v) is 10.3. The van der Waals surface area contributed by atoms with E-state index < -0.39 is 20.9 Å². The molecule has 0 aliphatic carbocycles. The zero-order valence-electron chi connectivity index (χ0n) is 18.8. The van der Waals surface area contributed by atoms with Crippen LogP contribution in [0.2, 0.25) is 0 Å². The molecule has 2 aliphatic heterocycles. The van der Waals surface area contributed by atoms with E-state index in [0.29, 0.717) is 50.8 Å². The number of morpholine rings is 1. The standard InChI is InChI=1S/C23H28N4O6S/c28-23(16-18-6-2-3-7-21(18)27(29)30)24-20-17-19(34(31,32)26-10-4-1-5-11-26)8-9-22(20)25-12-14-33-15-13-25/h2-3,6-9,17H,1,4-5,10-16H2,(H,24,28). The fourth-order valence-corrected chi connectivity index (χ4v) is 5.86. The number of sulfonamides is 1. The lowest BCUT2D eigenvalue weighted by Crippen LogP contribution is -2.37. The summed E-state index contributed by atoms with van der Waals surface area (Å²) in [7, 11) is -3.70. The van der Waals surface area contributed by atoms with Crippen LogP contribution in [0.25, 0.3) is 0 Å². The summed E-state index contributed by atoms with van der Waals surface area (Å²) in [5.41, 5.74) is 1.21. The molecule has 2 heterocycles. The topological polar surface area (TPSA) is 122 Å². The SMILES string of the molecule is O=C(Cc1ccccc1[N+](=O)[O-])Nc1cc(S(=O)(=O)N2CCCCC2)ccc1N1CCOCC1. The molecule has 10 nitrogen and oxygen atoms in total. The lowest BCUT2D eigenvalue weighted by atomic mass is 10.1. The van der Waals surface area contributed by atoms with Crippen LogP contribution in [-0.4, -0.2) is 62.9 Å².